The molecule has 0 N–H and O–H groups in total. The Bertz CT molecular complexity index is 813. The molecule has 0 aliphatic rings. The van der Waals surface area contributed by atoms with Crippen LogP contribution in [0.5, 0.6) is 0 Å². The number of benzene rings is 2. The lowest BCUT2D eigenvalue weighted by molar-refractivity contribution is 0.352. The highest BCUT2D eigenvalue weighted by atomic mass is 32.1. The lowest BCUT2D eigenvalue weighted by Gasteiger charge is -2.18. The maximum absolute atomic E-state index is 5.49. The van der Waals surface area contributed by atoms with Crippen molar-refractivity contribution in [2.75, 3.05) is 28.3 Å². The second kappa shape index (κ2) is 11.2. The van der Waals surface area contributed by atoms with E-state index in [1.807, 2.05) is 60.7 Å². The number of hydrogen-bond donors (Lipinski definition) is 0. The molecule has 0 aliphatic carbocycles. The number of nitrogens with zero attached hydrogens (tertiary/aromatic N) is 4. The van der Waals surface area contributed by atoms with E-state index in [4.69, 9.17) is 33.9 Å². The van der Waals surface area contributed by atoms with Crippen LogP contribution >= 0.6 is 24.4 Å². The molecule has 2 rings (SSSR count). The second-order valence-corrected chi connectivity index (χ2v) is 6.74. The van der Waals surface area contributed by atoms with Gasteiger partial charge >= 0.3 is 0 Å². The Hall–Kier alpha value is -2.84. The van der Waals surface area contributed by atoms with Crippen LogP contribution in [0.2, 0.25) is 0 Å². The number of rotatable bonds is 6. The van der Waals surface area contributed by atoms with E-state index in [0.29, 0.717) is 21.8 Å². The Kier molecular flexibility index (Phi) is 8.69. The first-order chi connectivity index (χ1) is 14.0. The maximum Gasteiger partial charge on any atom is 0.215 e. The molecule has 0 radical (unpaired) electrons. The molecule has 2 aromatic carbocycles. The summed E-state index contributed by atoms with van der Waals surface area (Å²) in [5.41, 5.74) is 1.80. The molecule has 0 saturated carbocycles. The van der Waals surface area contributed by atoms with Crippen LogP contribution in [0.3, 0.4) is 0 Å². The fourth-order valence-corrected chi connectivity index (χ4v) is 2.74. The van der Waals surface area contributed by atoms with Gasteiger partial charge in [0.25, 0.3) is 0 Å². The van der Waals surface area contributed by atoms with Gasteiger partial charge in [-0.25, -0.2) is 0 Å². The Balaban J connectivity index is 2.12. The van der Waals surface area contributed by atoms with E-state index in [1.54, 1.807) is 38.3 Å². The van der Waals surface area contributed by atoms with E-state index >= 15 is 0 Å². The highest BCUT2D eigenvalue weighted by molar-refractivity contribution is 7.80. The van der Waals surface area contributed by atoms with Gasteiger partial charge in [-0.15, -0.1) is 10.2 Å². The summed E-state index contributed by atoms with van der Waals surface area (Å²) < 4.78 is 10.8. The fourth-order valence-electron chi connectivity index (χ4n) is 2.39. The predicted octanol–water partition coefficient (Wildman–Crippen LogP) is 3.91. The molecule has 0 atom stereocenters. The van der Waals surface area contributed by atoms with Gasteiger partial charge in [-0.1, -0.05) is 85.1 Å². The largest absolute Gasteiger partial charge is 0.483 e. The van der Waals surface area contributed by atoms with Crippen LogP contribution in [0.15, 0.2) is 70.9 Å². The van der Waals surface area contributed by atoms with E-state index < -0.39 is 0 Å². The van der Waals surface area contributed by atoms with Crippen LogP contribution in [0.4, 0.5) is 0 Å². The molecule has 0 spiro atoms. The topological polar surface area (TPSA) is 49.7 Å². The molecule has 6 nitrogen and oxygen atoms in total. The molecule has 0 unspecified atom stereocenters. The van der Waals surface area contributed by atoms with Crippen molar-refractivity contribution < 1.29 is 9.47 Å². The van der Waals surface area contributed by atoms with Crippen LogP contribution < -0.4 is 0 Å². The Morgan fingerprint density at radius 1 is 0.724 bits per heavy atom. The van der Waals surface area contributed by atoms with Crippen molar-refractivity contribution in [1.82, 2.24) is 10.0 Å². The second-order valence-electron chi connectivity index (χ2n) is 5.96. The molecular formula is C21H24N4O2S2. The van der Waals surface area contributed by atoms with Crippen LogP contribution in [-0.2, 0) is 9.47 Å². The van der Waals surface area contributed by atoms with Gasteiger partial charge in [0.15, 0.2) is 0 Å². The summed E-state index contributed by atoms with van der Waals surface area (Å²) in [5, 5.41) is 12.1. The van der Waals surface area contributed by atoms with Crippen molar-refractivity contribution >= 4 is 46.2 Å². The van der Waals surface area contributed by atoms with E-state index in [9.17, 15) is 0 Å². The molecule has 8 heteroatoms. The van der Waals surface area contributed by atoms with Crippen LogP contribution in [-0.4, -0.2) is 60.1 Å². The van der Waals surface area contributed by atoms with E-state index in [-0.39, 0.29) is 6.42 Å². The molecule has 152 valence electrons. The van der Waals surface area contributed by atoms with Crippen molar-refractivity contribution in [3.8, 4) is 0 Å². The lowest BCUT2D eigenvalue weighted by Crippen LogP contribution is -2.26. The zero-order chi connectivity index (χ0) is 21.2. The molecule has 0 bridgehead atoms. The summed E-state index contributed by atoms with van der Waals surface area (Å²) >= 11 is 11.0. The summed E-state index contributed by atoms with van der Waals surface area (Å²) in [4.78, 5) is 1.16. The van der Waals surface area contributed by atoms with Gasteiger partial charge in [0.1, 0.15) is 16.4 Å². The molecule has 0 fully saturated rings. The molecule has 0 saturated heterocycles. The zero-order valence-corrected chi connectivity index (χ0v) is 18.5. The summed E-state index contributed by atoms with van der Waals surface area (Å²) in [5.74, 6) is 0.816. The number of ether oxygens (including phenoxy) is 2. The maximum atomic E-state index is 5.49. The minimum Gasteiger partial charge on any atom is -0.483 e. The highest BCUT2D eigenvalue weighted by Gasteiger charge is 2.13. The first-order valence-corrected chi connectivity index (χ1v) is 9.67. The quantitative estimate of drug-likeness (QED) is 0.301. The summed E-state index contributed by atoms with van der Waals surface area (Å²) in [6.07, 6.45) is 0.247. The Morgan fingerprint density at radius 3 is 1.38 bits per heavy atom. The predicted molar refractivity (Wildman–Crippen MR) is 125 cm³/mol. The Labute approximate surface area is 182 Å². The van der Waals surface area contributed by atoms with Crippen molar-refractivity contribution in [2.24, 2.45) is 10.2 Å². The van der Waals surface area contributed by atoms with Gasteiger partial charge in [-0.05, 0) is 0 Å². The van der Waals surface area contributed by atoms with Crippen LogP contribution in [0.1, 0.15) is 17.5 Å². The van der Waals surface area contributed by atoms with E-state index in [1.165, 1.54) is 0 Å². The highest BCUT2D eigenvalue weighted by Crippen LogP contribution is 2.08. The lowest BCUT2D eigenvalue weighted by atomic mass is 10.2. The number of hydrogen-bond acceptors (Lipinski definition) is 6. The van der Waals surface area contributed by atoms with Crippen LogP contribution in [0.25, 0.3) is 0 Å². The molecule has 0 amide bonds. The van der Waals surface area contributed by atoms with Gasteiger partial charge < -0.3 is 9.47 Å². The van der Waals surface area contributed by atoms with Crippen molar-refractivity contribution in [1.29, 1.82) is 0 Å². The molecule has 0 aromatic heterocycles. The monoisotopic (exact) mass is 428 g/mol. The third kappa shape index (κ3) is 6.62. The Morgan fingerprint density at radius 2 is 1.07 bits per heavy atom. The van der Waals surface area contributed by atoms with Gasteiger partial charge in [0, 0.05) is 25.2 Å². The molecule has 0 heterocycles. The van der Waals surface area contributed by atoms with Crippen molar-refractivity contribution in [3.63, 3.8) is 0 Å². The third-order valence-corrected chi connectivity index (χ3v) is 4.93. The molecule has 2 aromatic rings. The number of hydrazone groups is 2. The van der Waals surface area contributed by atoms with Gasteiger partial charge in [0.05, 0.1) is 14.2 Å². The van der Waals surface area contributed by atoms with Crippen LogP contribution in [0, 0.1) is 0 Å². The number of thiocarbonyl (C=S) groups is 2. The average molecular weight is 429 g/mol. The SMILES string of the molecule is COC(CC(=NN(C)C(=S)c1ccccc1)OC)=NN(C)C(=S)c1ccccc1. The molecule has 29 heavy (non-hydrogen) atoms. The molecular weight excluding hydrogens is 404 g/mol. The smallest absolute Gasteiger partial charge is 0.215 e. The minimum absolute atomic E-state index is 0.247. The van der Waals surface area contributed by atoms with Crippen molar-refractivity contribution in [2.45, 2.75) is 6.42 Å². The summed E-state index contributed by atoms with van der Waals surface area (Å²) in [7, 11) is 6.64. The standard InChI is InChI=1S/C21H24N4O2S2/c1-24(20(28)16-11-7-5-8-12-16)22-18(26-3)15-19(27-4)23-25(2)21(29)17-13-9-6-10-14-17/h5-14H,15H2,1-4H3. The van der Waals surface area contributed by atoms with Crippen molar-refractivity contribution in [3.05, 3.63) is 71.8 Å². The normalized spacial score (nSPS) is 11.6. The molecule has 0 aliphatic heterocycles. The third-order valence-electron chi connectivity index (χ3n) is 3.93. The fraction of sp³-hybridized carbons (Fsp3) is 0.238. The first-order valence-electron chi connectivity index (χ1n) is 8.85. The summed E-state index contributed by atoms with van der Waals surface area (Å²) in [6.45, 7) is 0. The van der Waals surface area contributed by atoms with Gasteiger partial charge in [-0.3, -0.25) is 10.0 Å². The van der Waals surface area contributed by atoms with E-state index in [0.717, 1.165) is 11.1 Å². The van der Waals surface area contributed by atoms with E-state index in [2.05, 4.69) is 10.2 Å². The van der Waals surface area contributed by atoms with Gasteiger partial charge in [0.2, 0.25) is 11.8 Å². The number of methoxy groups -OCH3 is 2. The van der Waals surface area contributed by atoms with Gasteiger partial charge in [-0.2, -0.15) is 0 Å². The minimum atomic E-state index is 0.247. The first kappa shape index (κ1) is 22.4. The summed E-state index contributed by atoms with van der Waals surface area (Å²) in [6, 6.07) is 19.3. The average Bonchev–Trinajstić information content (AvgIpc) is 2.77. The zero-order valence-electron chi connectivity index (χ0n) is 16.9.